The number of hydrogen-bond donors (Lipinski definition) is 2. The van der Waals surface area contributed by atoms with E-state index in [1.165, 1.54) is 18.3 Å². The van der Waals surface area contributed by atoms with Crippen molar-refractivity contribution in [3.8, 4) is 17.1 Å². The van der Waals surface area contributed by atoms with E-state index >= 15 is 0 Å². The number of carbonyl (C=O) groups is 2. The highest BCUT2D eigenvalue weighted by Crippen LogP contribution is 2.34. The quantitative estimate of drug-likeness (QED) is 0.409. The number of rotatable bonds is 6. The van der Waals surface area contributed by atoms with Crippen LogP contribution >= 0.6 is 11.3 Å². The van der Waals surface area contributed by atoms with Gasteiger partial charge in [0.1, 0.15) is 10.6 Å². The van der Waals surface area contributed by atoms with Crippen molar-refractivity contribution < 1.29 is 18.7 Å². The van der Waals surface area contributed by atoms with Crippen LogP contribution in [0.1, 0.15) is 33.3 Å². The predicted octanol–water partition coefficient (Wildman–Crippen LogP) is 4.95. The molecule has 8 heteroatoms. The molecule has 0 spiro atoms. The van der Waals surface area contributed by atoms with E-state index in [0.717, 1.165) is 16.0 Å². The van der Waals surface area contributed by atoms with Gasteiger partial charge in [0.25, 0.3) is 11.8 Å². The average molecular weight is 477 g/mol. The topological polar surface area (TPSA) is 112 Å². The lowest BCUT2D eigenvalue weighted by Gasteiger charge is -2.17. The number of benzene rings is 2. The van der Waals surface area contributed by atoms with E-state index in [1.54, 1.807) is 31.2 Å². The van der Waals surface area contributed by atoms with Gasteiger partial charge in [0.2, 0.25) is 11.2 Å². The maximum absolute atomic E-state index is 13.3. The van der Waals surface area contributed by atoms with E-state index in [4.69, 9.17) is 14.9 Å². The lowest BCUT2D eigenvalue weighted by atomic mass is 10.1. The fourth-order valence-corrected chi connectivity index (χ4v) is 4.65. The van der Waals surface area contributed by atoms with Crippen LogP contribution in [0.2, 0.25) is 0 Å². The molecule has 4 rings (SSSR count). The van der Waals surface area contributed by atoms with Crippen molar-refractivity contribution in [3.63, 3.8) is 0 Å². The Labute approximate surface area is 200 Å². The first-order valence-electron chi connectivity index (χ1n) is 10.7. The second-order valence-electron chi connectivity index (χ2n) is 8.05. The van der Waals surface area contributed by atoms with Crippen molar-refractivity contribution in [2.75, 3.05) is 5.32 Å². The summed E-state index contributed by atoms with van der Waals surface area (Å²) in [6.45, 7) is 7.10. The first kappa shape index (κ1) is 23.3. The molecule has 0 saturated heterocycles. The zero-order valence-corrected chi connectivity index (χ0v) is 20.0. The Morgan fingerprint density at radius 2 is 1.74 bits per heavy atom. The van der Waals surface area contributed by atoms with Gasteiger partial charge in [0, 0.05) is 10.4 Å². The van der Waals surface area contributed by atoms with Crippen molar-refractivity contribution in [1.29, 1.82) is 0 Å². The Kier molecular flexibility index (Phi) is 6.26. The summed E-state index contributed by atoms with van der Waals surface area (Å²) >= 11 is 1.26. The van der Waals surface area contributed by atoms with E-state index in [0.29, 0.717) is 21.5 Å². The number of primary amides is 1. The average Bonchev–Trinajstić information content (AvgIpc) is 3.09. The second-order valence-corrected chi connectivity index (χ2v) is 9.28. The number of fused-ring (bicyclic) bond motifs is 1. The Morgan fingerprint density at radius 3 is 2.41 bits per heavy atom. The molecule has 0 saturated carbocycles. The number of anilines is 1. The highest BCUT2D eigenvalue weighted by molar-refractivity contribution is 7.16. The Balaban J connectivity index is 1.72. The molecule has 1 atom stereocenters. The van der Waals surface area contributed by atoms with Gasteiger partial charge in [-0.3, -0.25) is 14.4 Å². The van der Waals surface area contributed by atoms with Crippen LogP contribution in [0.3, 0.4) is 0 Å². The van der Waals surface area contributed by atoms with Gasteiger partial charge in [-0.25, -0.2) is 0 Å². The smallest absolute Gasteiger partial charge is 0.265 e. The number of nitrogens with two attached hydrogens (primary N) is 1. The van der Waals surface area contributed by atoms with Crippen LogP contribution in [0.15, 0.2) is 57.7 Å². The Morgan fingerprint density at radius 1 is 1.06 bits per heavy atom. The second kappa shape index (κ2) is 9.15. The van der Waals surface area contributed by atoms with Crippen LogP contribution in [0.5, 0.6) is 5.75 Å². The van der Waals surface area contributed by atoms with Crippen LogP contribution < -0.4 is 21.2 Å². The predicted molar refractivity (Wildman–Crippen MR) is 134 cm³/mol. The maximum atomic E-state index is 13.3. The molecular formula is C26H24N2O5S. The van der Waals surface area contributed by atoms with Crippen LogP contribution in [-0.2, 0) is 4.79 Å². The summed E-state index contributed by atoms with van der Waals surface area (Å²) in [4.78, 5) is 39.0. The zero-order valence-electron chi connectivity index (χ0n) is 19.2. The molecule has 2 heterocycles. The van der Waals surface area contributed by atoms with E-state index in [1.807, 2.05) is 38.1 Å². The highest BCUT2D eigenvalue weighted by Gasteiger charge is 2.25. The standard InChI is InChI=1S/C26H24N2O5S/c1-13-9-11-17(12-10-13)22-23(21(29)18-7-5-6-8-19(18)33-22)32-15(3)25(31)28-26-20(24(27)30)14(2)16(4)34-26/h5-12,15H,1-4H3,(H2,27,30)(H,28,31). The van der Waals surface area contributed by atoms with Gasteiger partial charge < -0.3 is 20.2 Å². The number of ether oxygens (including phenoxy) is 1. The van der Waals surface area contributed by atoms with Gasteiger partial charge in [-0.15, -0.1) is 11.3 Å². The summed E-state index contributed by atoms with van der Waals surface area (Å²) in [5, 5.41) is 3.42. The molecule has 2 amide bonds. The molecule has 0 aliphatic heterocycles. The van der Waals surface area contributed by atoms with E-state index in [-0.39, 0.29) is 22.5 Å². The molecule has 0 aliphatic carbocycles. The number of aryl methyl sites for hydroxylation is 2. The van der Waals surface area contributed by atoms with Crippen LogP contribution in [0.4, 0.5) is 5.00 Å². The van der Waals surface area contributed by atoms with Crippen molar-refractivity contribution >= 4 is 39.1 Å². The number of para-hydroxylation sites is 1. The van der Waals surface area contributed by atoms with Crippen LogP contribution in [0.25, 0.3) is 22.3 Å². The molecule has 34 heavy (non-hydrogen) atoms. The van der Waals surface area contributed by atoms with Crippen molar-refractivity contribution in [2.45, 2.75) is 33.8 Å². The van der Waals surface area contributed by atoms with Crippen molar-refractivity contribution in [3.05, 3.63) is 80.3 Å². The number of amides is 2. The van der Waals surface area contributed by atoms with Gasteiger partial charge in [0.05, 0.1) is 10.9 Å². The molecule has 4 aromatic rings. The van der Waals surface area contributed by atoms with E-state index < -0.39 is 17.9 Å². The summed E-state index contributed by atoms with van der Waals surface area (Å²) in [7, 11) is 0. The molecule has 174 valence electrons. The minimum absolute atomic E-state index is 0.0566. The minimum atomic E-state index is -1.06. The Hall–Kier alpha value is -3.91. The van der Waals surface area contributed by atoms with Crippen molar-refractivity contribution in [1.82, 2.24) is 0 Å². The SMILES string of the molecule is Cc1ccc(-c2oc3ccccc3c(=O)c2OC(C)C(=O)Nc2sc(C)c(C)c2C(N)=O)cc1. The molecule has 0 bridgehead atoms. The molecule has 0 radical (unpaired) electrons. The van der Waals surface area contributed by atoms with E-state index in [2.05, 4.69) is 5.32 Å². The fourth-order valence-electron chi connectivity index (χ4n) is 3.58. The van der Waals surface area contributed by atoms with Crippen LogP contribution in [0, 0.1) is 20.8 Å². The summed E-state index contributed by atoms with van der Waals surface area (Å²) < 4.78 is 12.0. The van der Waals surface area contributed by atoms with Crippen LogP contribution in [-0.4, -0.2) is 17.9 Å². The summed E-state index contributed by atoms with van der Waals surface area (Å²) in [5.74, 6) is -0.962. The lowest BCUT2D eigenvalue weighted by molar-refractivity contribution is -0.122. The Bertz CT molecular complexity index is 1470. The van der Waals surface area contributed by atoms with Gasteiger partial charge in [-0.05, 0) is 45.4 Å². The zero-order chi connectivity index (χ0) is 24.6. The molecule has 0 aliphatic rings. The van der Waals surface area contributed by atoms with Gasteiger partial charge in [0.15, 0.2) is 11.9 Å². The minimum Gasteiger partial charge on any atom is -0.473 e. The van der Waals surface area contributed by atoms with Gasteiger partial charge in [-0.2, -0.15) is 0 Å². The van der Waals surface area contributed by atoms with Gasteiger partial charge in [-0.1, -0.05) is 42.0 Å². The third kappa shape index (κ3) is 4.32. The summed E-state index contributed by atoms with van der Waals surface area (Å²) in [6, 6.07) is 14.3. The number of carbonyl (C=O) groups excluding carboxylic acids is 2. The number of thiophene rings is 1. The van der Waals surface area contributed by atoms with Crippen molar-refractivity contribution in [2.24, 2.45) is 5.73 Å². The molecule has 2 aromatic heterocycles. The summed E-state index contributed by atoms with van der Waals surface area (Å²) in [5.41, 5.74) is 8.24. The number of hydrogen-bond acceptors (Lipinski definition) is 6. The maximum Gasteiger partial charge on any atom is 0.265 e. The van der Waals surface area contributed by atoms with Gasteiger partial charge >= 0.3 is 0 Å². The third-order valence-electron chi connectivity index (χ3n) is 5.60. The largest absolute Gasteiger partial charge is 0.473 e. The van der Waals surface area contributed by atoms with E-state index in [9.17, 15) is 14.4 Å². The first-order chi connectivity index (χ1) is 16.2. The highest BCUT2D eigenvalue weighted by atomic mass is 32.1. The normalized spacial score (nSPS) is 11.9. The molecule has 3 N–H and O–H groups in total. The third-order valence-corrected chi connectivity index (χ3v) is 6.72. The molecular weight excluding hydrogens is 452 g/mol. The molecule has 2 aromatic carbocycles. The number of nitrogens with one attached hydrogen (secondary N) is 1. The molecule has 7 nitrogen and oxygen atoms in total. The first-order valence-corrected chi connectivity index (χ1v) is 11.5. The monoisotopic (exact) mass is 476 g/mol. The fraction of sp³-hybridized carbons (Fsp3) is 0.192. The summed E-state index contributed by atoms with van der Waals surface area (Å²) in [6.07, 6.45) is -1.06. The lowest BCUT2D eigenvalue weighted by Crippen LogP contribution is -2.32. The molecule has 1 unspecified atom stereocenters. The molecule has 0 fully saturated rings.